The summed E-state index contributed by atoms with van der Waals surface area (Å²) in [4.78, 5) is 27.2. The summed E-state index contributed by atoms with van der Waals surface area (Å²) in [5.74, 6) is -1.50. The van der Waals surface area contributed by atoms with Gasteiger partial charge in [0, 0.05) is 26.2 Å². The predicted molar refractivity (Wildman–Crippen MR) is 71.8 cm³/mol. The van der Waals surface area contributed by atoms with Gasteiger partial charge in [-0.2, -0.15) is 0 Å². The molecule has 2 fully saturated rings. The van der Waals surface area contributed by atoms with Crippen LogP contribution in [0.4, 0.5) is 0 Å². The zero-order chi connectivity index (χ0) is 14.0. The molecular weight excluding hydrogens is 244 g/mol. The lowest BCUT2D eigenvalue weighted by Gasteiger charge is -2.36. The van der Waals surface area contributed by atoms with E-state index in [-0.39, 0.29) is 17.9 Å². The Kier molecular flexibility index (Phi) is 4.45. The number of likely N-dealkylation sites (tertiary alicyclic amines) is 1. The van der Waals surface area contributed by atoms with Crippen LogP contribution < -0.4 is 0 Å². The predicted octanol–water partition coefficient (Wildman–Crippen LogP) is 1.04. The first-order valence-electron chi connectivity index (χ1n) is 7.26. The molecule has 1 heterocycles. The lowest BCUT2D eigenvalue weighted by molar-refractivity contribution is -0.142. The van der Waals surface area contributed by atoms with Gasteiger partial charge >= 0.3 is 5.97 Å². The molecule has 1 N–H and O–H groups in total. The minimum Gasteiger partial charge on any atom is -0.481 e. The van der Waals surface area contributed by atoms with E-state index in [0.717, 1.165) is 32.5 Å². The molecule has 0 spiro atoms. The van der Waals surface area contributed by atoms with Crippen molar-refractivity contribution in [1.29, 1.82) is 0 Å². The molecule has 0 aromatic rings. The molecule has 19 heavy (non-hydrogen) atoms. The molecule has 108 valence electrons. The molecule has 2 atom stereocenters. The number of carboxylic acids is 1. The molecule has 1 aliphatic heterocycles. The molecule has 2 unspecified atom stereocenters. The van der Waals surface area contributed by atoms with Crippen LogP contribution in [-0.4, -0.2) is 59.5 Å². The Bertz CT molecular complexity index is 351. The number of amides is 1. The van der Waals surface area contributed by atoms with Crippen LogP contribution in [0.15, 0.2) is 0 Å². The van der Waals surface area contributed by atoms with Gasteiger partial charge in [-0.15, -0.1) is 0 Å². The van der Waals surface area contributed by atoms with E-state index in [1.807, 2.05) is 7.05 Å². The number of nitrogens with zero attached hydrogens (tertiary/aromatic N) is 2. The fourth-order valence-electron chi connectivity index (χ4n) is 3.03. The molecule has 1 amide bonds. The average Bonchev–Trinajstić information content (AvgIpc) is 3.19. The maximum atomic E-state index is 12.2. The van der Waals surface area contributed by atoms with E-state index < -0.39 is 11.9 Å². The number of rotatable bonds is 5. The molecule has 0 radical (unpaired) electrons. The zero-order valence-electron chi connectivity index (χ0n) is 11.8. The molecule has 1 aliphatic carbocycles. The van der Waals surface area contributed by atoms with Crippen LogP contribution in [0.5, 0.6) is 0 Å². The summed E-state index contributed by atoms with van der Waals surface area (Å²) in [6.07, 6.45) is 3.70. The second kappa shape index (κ2) is 5.90. The van der Waals surface area contributed by atoms with Gasteiger partial charge in [0.2, 0.25) is 5.91 Å². The highest BCUT2D eigenvalue weighted by molar-refractivity contribution is 5.89. The number of aliphatic carboxylic acids is 1. The minimum atomic E-state index is -0.829. The Morgan fingerprint density at radius 3 is 2.37 bits per heavy atom. The second-order valence-corrected chi connectivity index (χ2v) is 5.81. The van der Waals surface area contributed by atoms with Crippen LogP contribution in [0.2, 0.25) is 0 Å². The van der Waals surface area contributed by atoms with Crippen molar-refractivity contribution in [1.82, 2.24) is 9.80 Å². The van der Waals surface area contributed by atoms with E-state index >= 15 is 0 Å². The normalized spacial score (nSPS) is 28.1. The summed E-state index contributed by atoms with van der Waals surface area (Å²) in [6, 6.07) is 0.288. The first-order chi connectivity index (χ1) is 9.04. The van der Waals surface area contributed by atoms with E-state index in [1.165, 1.54) is 6.42 Å². The Labute approximate surface area is 114 Å². The third kappa shape index (κ3) is 3.26. The van der Waals surface area contributed by atoms with Gasteiger partial charge in [0.1, 0.15) is 0 Å². The first-order valence-corrected chi connectivity index (χ1v) is 7.26. The third-order valence-electron chi connectivity index (χ3n) is 4.42. The molecule has 5 heteroatoms. The highest BCUT2D eigenvalue weighted by Gasteiger charge is 2.50. The van der Waals surface area contributed by atoms with Crippen molar-refractivity contribution in [3.05, 3.63) is 0 Å². The van der Waals surface area contributed by atoms with Gasteiger partial charge in [-0.25, -0.2) is 0 Å². The highest BCUT2D eigenvalue weighted by Crippen LogP contribution is 2.40. The van der Waals surface area contributed by atoms with Gasteiger partial charge in [-0.3, -0.25) is 9.59 Å². The Morgan fingerprint density at radius 1 is 1.26 bits per heavy atom. The quantitative estimate of drug-likeness (QED) is 0.809. The van der Waals surface area contributed by atoms with Crippen molar-refractivity contribution in [2.24, 2.45) is 11.8 Å². The van der Waals surface area contributed by atoms with E-state index in [9.17, 15) is 9.59 Å². The van der Waals surface area contributed by atoms with Gasteiger partial charge in [0.15, 0.2) is 0 Å². The number of carboxylic acid groups (broad SMARTS) is 1. The molecule has 5 nitrogen and oxygen atoms in total. The lowest BCUT2D eigenvalue weighted by Crippen LogP contribution is -2.46. The van der Waals surface area contributed by atoms with Crippen LogP contribution >= 0.6 is 0 Å². The van der Waals surface area contributed by atoms with Crippen LogP contribution in [0, 0.1) is 11.8 Å². The van der Waals surface area contributed by atoms with Crippen molar-refractivity contribution in [3.8, 4) is 0 Å². The van der Waals surface area contributed by atoms with Gasteiger partial charge < -0.3 is 14.9 Å². The van der Waals surface area contributed by atoms with Crippen molar-refractivity contribution < 1.29 is 14.7 Å². The van der Waals surface area contributed by atoms with E-state index in [0.29, 0.717) is 6.42 Å². The fourth-order valence-corrected chi connectivity index (χ4v) is 3.03. The molecule has 1 saturated heterocycles. The summed E-state index contributed by atoms with van der Waals surface area (Å²) < 4.78 is 0. The van der Waals surface area contributed by atoms with E-state index in [1.54, 1.807) is 4.90 Å². The van der Waals surface area contributed by atoms with E-state index in [4.69, 9.17) is 5.11 Å². The topological polar surface area (TPSA) is 60.9 Å². The lowest BCUT2D eigenvalue weighted by atomic mass is 10.0. The molecule has 0 aromatic carbocycles. The minimum absolute atomic E-state index is 0.0290. The van der Waals surface area contributed by atoms with Gasteiger partial charge in [-0.05, 0) is 32.2 Å². The van der Waals surface area contributed by atoms with Crippen molar-refractivity contribution in [2.45, 2.75) is 38.6 Å². The molecular formula is C14H24N2O3. The monoisotopic (exact) mass is 268 g/mol. The zero-order valence-corrected chi connectivity index (χ0v) is 11.8. The van der Waals surface area contributed by atoms with Crippen LogP contribution in [0.1, 0.15) is 32.6 Å². The first kappa shape index (κ1) is 14.3. The maximum absolute atomic E-state index is 12.2. The van der Waals surface area contributed by atoms with Crippen molar-refractivity contribution in [3.63, 3.8) is 0 Å². The number of piperidine rings is 1. The fraction of sp³-hybridized carbons (Fsp3) is 0.857. The van der Waals surface area contributed by atoms with Crippen LogP contribution in [0.25, 0.3) is 0 Å². The Balaban J connectivity index is 1.80. The van der Waals surface area contributed by atoms with Gasteiger partial charge in [-0.1, -0.05) is 6.92 Å². The SMILES string of the molecule is CCCN1CCC(N(C)C(=O)C2CC2C(=O)O)CC1. The summed E-state index contributed by atoms with van der Waals surface area (Å²) in [5, 5.41) is 8.88. The number of carbonyl (C=O) groups is 2. The molecule has 2 rings (SSSR count). The Hall–Kier alpha value is -1.10. The molecule has 0 aromatic heterocycles. The van der Waals surface area contributed by atoms with Gasteiger partial charge in [0.25, 0.3) is 0 Å². The van der Waals surface area contributed by atoms with Gasteiger partial charge in [0.05, 0.1) is 11.8 Å². The standard InChI is InChI=1S/C14H24N2O3/c1-3-6-16-7-4-10(5-8-16)15(2)13(17)11-9-12(11)14(18)19/h10-12H,3-9H2,1-2H3,(H,18,19). The summed E-state index contributed by atoms with van der Waals surface area (Å²) >= 11 is 0. The van der Waals surface area contributed by atoms with Crippen molar-refractivity contribution in [2.75, 3.05) is 26.7 Å². The number of hydrogen-bond acceptors (Lipinski definition) is 3. The molecule has 2 aliphatic rings. The highest BCUT2D eigenvalue weighted by atomic mass is 16.4. The summed E-state index contributed by atoms with van der Waals surface area (Å²) in [7, 11) is 1.83. The van der Waals surface area contributed by atoms with Crippen LogP contribution in [-0.2, 0) is 9.59 Å². The number of hydrogen-bond donors (Lipinski definition) is 1. The summed E-state index contributed by atoms with van der Waals surface area (Å²) in [5.41, 5.74) is 0. The third-order valence-corrected chi connectivity index (χ3v) is 4.42. The molecule has 0 bridgehead atoms. The van der Waals surface area contributed by atoms with Crippen LogP contribution in [0.3, 0.4) is 0 Å². The largest absolute Gasteiger partial charge is 0.481 e. The average molecular weight is 268 g/mol. The number of carbonyl (C=O) groups excluding carboxylic acids is 1. The van der Waals surface area contributed by atoms with Crippen molar-refractivity contribution >= 4 is 11.9 Å². The smallest absolute Gasteiger partial charge is 0.307 e. The second-order valence-electron chi connectivity index (χ2n) is 5.81. The Morgan fingerprint density at radius 2 is 1.89 bits per heavy atom. The molecule has 1 saturated carbocycles. The van der Waals surface area contributed by atoms with E-state index in [2.05, 4.69) is 11.8 Å². The summed E-state index contributed by atoms with van der Waals surface area (Å²) in [6.45, 7) is 5.40. The maximum Gasteiger partial charge on any atom is 0.307 e.